The summed E-state index contributed by atoms with van der Waals surface area (Å²) in [6.07, 6.45) is 3.23. The fraction of sp³-hybridized carbons (Fsp3) is 0.136. The lowest BCUT2D eigenvalue weighted by Gasteiger charge is -2.16. The number of pyridine rings is 2. The molecule has 0 radical (unpaired) electrons. The van der Waals surface area contributed by atoms with Crippen LogP contribution in [0, 0.1) is 6.92 Å². The molecule has 0 bridgehead atoms. The van der Waals surface area contributed by atoms with Crippen LogP contribution in [-0.2, 0) is 4.79 Å². The third-order valence-electron chi connectivity index (χ3n) is 4.54. The largest absolute Gasteiger partial charge is 0.322 e. The van der Waals surface area contributed by atoms with Gasteiger partial charge < -0.3 is 5.32 Å². The predicted molar refractivity (Wildman–Crippen MR) is 123 cm³/mol. The minimum absolute atomic E-state index is 0.206. The Bertz CT molecular complexity index is 1320. The number of benzene rings is 1. The zero-order chi connectivity index (χ0) is 22.0. The number of carbonyl (C=O) groups excluding carboxylic acids is 1. The van der Waals surface area contributed by atoms with Gasteiger partial charge in [0.15, 0.2) is 10.3 Å². The molecule has 4 rings (SSSR count). The monoisotopic (exact) mass is 451 g/mol. The van der Waals surface area contributed by atoms with Crippen LogP contribution in [0.3, 0.4) is 0 Å². The van der Waals surface area contributed by atoms with E-state index in [1.165, 1.54) is 16.3 Å². The van der Waals surface area contributed by atoms with Crippen molar-refractivity contribution in [3.63, 3.8) is 0 Å². The molecule has 1 unspecified atom stereocenters. The molecule has 1 atom stereocenters. The van der Waals surface area contributed by atoms with Crippen molar-refractivity contribution in [2.75, 3.05) is 5.32 Å². The highest BCUT2D eigenvalue weighted by atomic mass is 35.5. The van der Waals surface area contributed by atoms with E-state index in [4.69, 9.17) is 11.6 Å². The first-order valence-electron chi connectivity index (χ1n) is 9.47. The van der Waals surface area contributed by atoms with Crippen LogP contribution in [0.4, 0.5) is 5.69 Å². The Kier molecular flexibility index (Phi) is 6.01. The van der Waals surface area contributed by atoms with Crippen molar-refractivity contribution in [2.45, 2.75) is 24.3 Å². The summed E-state index contributed by atoms with van der Waals surface area (Å²) in [5.41, 5.74) is 1.71. The average molecular weight is 452 g/mol. The summed E-state index contributed by atoms with van der Waals surface area (Å²) < 4.78 is 1.44. The third-order valence-corrected chi connectivity index (χ3v) is 5.89. The Balaban J connectivity index is 1.73. The number of thioether (sulfide) groups is 1. The molecule has 0 aliphatic rings. The van der Waals surface area contributed by atoms with Crippen molar-refractivity contribution in [3.8, 4) is 5.82 Å². The lowest BCUT2D eigenvalue weighted by atomic mass is 10.2. The summed E-state index contributed by atoms with van der Waals surface area (Å²) in [6, 6.07) is 14.1. The number of fused-ring (bicyclic) bond motifs is 1. The van der Waals surface area contributed by atoms with Gasteiger partial charge in [0.25, 0.3) is 5.56 Å². The van der Waals surface area contributed by atoms with Gasteiger partial charge in [0.2, 0.25) is 5.91 Å². The van der Waals surface area contributed by atoms with Crippen LogP contribution < -0.4 is 10.9 Å². The van der Waals surface area contributed by atoms with Gasteiger partial charge >= 0.3 is 0 Å². The second-order valence-electron chi connectivity index (χ2n) is 6.84. The highest BCUT2D eigenvalue weighted by Crippen LogP contribution is 2.26. The van der Waals surface area contributed by atoms with Gasteiger partial charge in [-0.3, -0.25) is 9.59 Å². The molecule has 3 aromatic heterocycles. The molecule has 31 heavy (non-hydrogen) atoms. The summed E-state index contributed by atoms with van der Waals surface area (Å²) in [4.78, 5) is 39.0. The van der Waals surface area contributed by atoms with E-state index in [1.54, 1.807) is 55.7 Å². The summed E-state index contributed by atoms with van der Waals surface area (Å²) in [6.45, 7) is 3.66. The molecule has 9 heteroatoms. The van der Waals surface area contributed by atoms with Crippen molar-refractivity contribution >= 4 is 45.9 Å². The molecular weight excluding hydrogens is 434 g/mol. The number of nitrogens with one attached hydrogen (secondary N) is 1. The topological polar surface area (TPSA) is 89.8 Å². The molecule has 0 saturated carbocycles. The van der Waals surface area contributed by atoms with Crippen molar-refractivity contribution in [1.29, 1.82) is 0 Å². The number of nitrogens with zero attached hydrogens (tertiary/aromatic N) is 4. The Hall–Kier alpha value is -3.23. The number of anilines is 1. The molecule has 1 amide bonds. The maximum absolute atomic E-state index is 13.3. The van der Waals surface area contributed by atoms with E-state index in [1.807, 2.05) is 19.1 Å². The SMILES string of the molecule is Cc1ccc(-n2c(SC(C)C(=O)Nc3cccnc3Cl)nc3ccccc3c2=O)nc1. The number of amides is 1. The van der Waals surface area contributed by atoms with E-state index in [0.29, 0.717) is 27.6 Å². The predicted octanol–water partition coefficient (Wildman–Crippen LogP) is 4.26. The van der Waals surface area contributed by atoms with Gasteiger partial charge in [0.1, 0.15) is 5.82 Å². The number of aromatic nitrogens is 4. The molecule has 0 fully saturated rings. The second-order valence-corrected chi connectivity index (χ2v) is 8.50. The summed E-state index contributed by atoms with van der Waals surface area (Å²) in [5.74, 6) is 0.157. The number of aryl methyl sites for hydroxylation is 1. The quantitative estimate of drug-likeness (QED) is 0.277. The van der Waals surface area contributed by atoms with Gasteiger partial charge in [0, 0.05) is 12.4 Å². The van der Waals surface area contributed by atoms with Gasteiger partial charge in [-0.05, 0) is 49.7 Å². The normalized spacial score (nSPS) is 12.0. The highest BCUT2D eigenvalue weighted by Gasteiger charge is 2.21. The van der Waals surface area contributed by atoms with Gasteiger partial charge in [-0.1, -0.05) is 41.6 Å². The molecule has 0 aliphatic carbocycles. The van der Waals surface area contributed by atoms with Gasteiger partial charge in [0.05, 0.1) is 21.8 Å². The molecule has 0 spiro atoms. The molecular formula is C22H18ClN5O2S. The van der Waals surface area contributed by atoms with E-state index >= 15 is 0 Å². The zero-order valence-corrected chi connectivity index (χ0v) is 18.3. The van der Waals surface area contributed by atoms with Crippen molar-refractivity contribution in [1.82, 2.24) is 19.5 Å². The Morgan fingerprint density at radius 3 is 2.68 bits per heavy atom. The van der Waals surface area contributed by atoms with E-state index in [-0.39, 0.29) is 16.6 Å². The fourth-order valence-corrected chi connectivity index (χ4v) is 3.99. The second kappa shape index (κ2) is 8.87. The molecule has 3 heterocycles. The number of hydrogen-bond acceptors (Lipinski definition) is 6. The molecule has 7 nitrogen and oxygen atoms in total. The smallest absolute Gasteiger partial charge is 0.267 e. The molecule has 0 saturated heterocycles. The molecule has 1 N–H and O–H groups in total. The van der Waals surface area contributed by atoms with Crippen LogP contribution >= 0.6 is 23.4 Å². The fourth-order valence-electron chi connectivity index (χ4n) is 2.91. The number of carbonyl (C=O) groups is 1. The maximum Gasteiger partial charge on any atom is 0.267 e. The summed E-state index contributed by atoms with van der Waals surface area (Å²) in [5, 5.41) is 3.26. The van der Waals surface area contributed by atoms with Crippen LogP contribution in [-0.4, -0.2) is 30.7 Å². The van der Waals surface area contributed by atoms with Crippen LogP contribution in [0.5, 0.6) is 0 Å². The number of rotatable bonds is 5. The van der Waals surface area contributed by atoms with Crippen LogP contribution in [0.1, 0.15) is 12.5 Å². The van der Waals surface area contributed by atoms with E-state index < -0.39 is 5.25 Å². The van der Waals surface area contributed by atoms with E-state index in [9.17, 15) is 9.59 Å². The van der Waals surface area contributed by atoms with Crippen LogP contribution in [0.25, 0.3) is 16.7 Å². The molecule has 4 aromatic rings. The minimum atomic E-state index is -0.568. The molecule has 156 valence electrons. The Labute approximate surface area is 187 Å². The summed E-state index contributed by atoms with van der Waals surface area (Å²) in [7, 11) is 0. The summed E-state index contributed by atoms with van der Waals surface area (Å²) >= 11 is 7.21. The molecule has 1 aromatic carbocycles. The van der Waals surface area contributed by atoms with E-state index in [0.717, 1.165) is 5.56 Å². The standard InChI is InChI=1S/C22H18ClN5O2S/c1-13-9-10-18(25-12-13)28-21(30)15-6-3-4-7-16(15)27-22(28)31-14(2)20(29)26-17-8-5-11-24-19(17)23/h3-12,14H,1-2H3,(H,26,29). The Morgan fingerprint density at radius 2 is 1.94 bits per heavy atom. The van der Waals surface area contributed by atoms with Crippen molar-refractivity contribution < 1.29 is 4.79 Å². The minimum Gasteiger partial charge on any atom is -0.322 e. The van der Waals surface area contributed by atoms with Crippen LogP contribution in [0.15, 0.2) is 70.9 Å². The van der Waals surface area contributed by atoms with Crippen LogP contribution in [0.2, 0.25) is 5.15 Å². The third kappa shape index (κ3) is 4.45. The van der Waals surface area contributed by atoms with Gasteiger partial charge in [-0.2, -0.15) is 0 Å². The number of hydrogen-bond donors (Lipinski definition) is 1. The lowest BCUT2D eigenvalue weighted by molar-refractivity contribution is -0.115. The first-order valence-corrected chi connectivity index (χ1v) is 10.7. The number of para-hydroxylation sites is 1. The van der Waals surface area contributed by atoms with Crippen molar-refractivity contribution in [3.05, 3.63) is 82.0 Å². The molecule has 0 aliphatic heterocycles. The van der Waals surface area contributed by atoms with E-state index in [2.05, 4.69) is 20.3 Å². The van der Waals surface area contributed by atoms with Gasteiger partial charge in [-0.15, -0.1) is 0 Å². The van der Waals surface area contributed by atoms with Gasteiger partial charge in [-0.25, -0.2) is 19.5 Å². The first-order chi connectivity index (χ1) is 14.9. The first kappa shape index (κ1) is 21.0. The van der Waals surface area contributed by atoms with Crippen molar-refractivity contribution in [2.24, 2.45) is 0 Å². The highest BCUT2D eigenvalue weighted by molar-refractivity contribution is 8.00. The number of halogens is 1. The lowest BCUT2D eigenvalue weighted by Crippen LogP contribution is -2.26. The zero-order valence-electron chi connectivity index (χ0n) is 16.7. The maximum atomic E-state index is 13.3. The average Bonchev–Trinajstić information content (AvgIpc) is 2.76. The Morgan fingerprint density at radius 1 is 1.13 bits per heavy atom.